The molecule has 2 saturated heterocycles. The Hall–Kier alpha value is -1.14. The number of carbonyl (C=O) groups is 2. The van der Waals surface area contributed by atoms with Gasteiger partial charge in [0.2, 0.25) is 11.8 Å². The number of nitrogens with two attached hydrogens (primary N) is 1. The van der Waals surface area contributed by atoms with E-state index in [-0.39, 0.29) is 11.8 Å². The first-order valence-electron chi connectivity index (χ1n) is 9.06. The lowest BCUT2D eigenvalue weighted by Crippen LogP contribution is -2.55. The smallest absolute Gasteiger partial charge is 0.236 e. The summed E-state index contributed by atoms with van der Waals surface area (Å²) in [4.78, 5) is 31.1. The number of hydrogen-bond donors (Lipinski definition) is 1. The van der Waals surface area contributed by atoms with Gasteiger partial charge in [0, 0.05) is 45.8 Å². The Morgan fingerprint density at radius 3 is 1.96 bits per heavy atom. The van der Waals surface area contributed by atoms with Crippen LogP contribution in [0.2, 0.25) is 0 Å². The van der Waals surface area contributed by atoms with Gasteiger partial charge in [0.15, 0.2) is 0 Å². The molecule has 2 fully saturated rings. The van der Waals surface area contributed by atoms with Gasteiger partial charge in [0.1, 0.15) is 0 Å². The molecule has 0 spiro atoms. The van der Waals surface area contributed by atoms with Crippen molar-refractivity contribution in [1.29, 1.82) is 0 Å². The van der Waals surface area contributed by atoms with Gasteiger partial charge in [-0.15, -0.1) is 0 Å². The Bertz CT molecular complexity index is 401. The summed E-state index contributed by atoms with van der Waals surface area (Å²) in [6.45, 7) is 9.75. The van der Waals surface area contributed by atoms with Crippen LogP contribution in [0.15, 0.2) is 0 Å². The Balaban J connectivity index is 1.83. The van der Waals surface area contributed by atoms with Crippen LogP contribution < -0.4 is 5.73 Å². The Morgan fingerprint density at radius 2 is 1.48 bits per heavy atom. The number of likely N-dealkylation sites (tertiary alicyclic amines) is 1. The van der Waals surface area contributed by atoms with Gasteiger partial charge in [0.05, 0.1) is 12.0 Å². The van der Waals surface area contributed by atoms with E-state index in [0.717, 1.165) is 51.9 Å². The highest BCUT2D eigenvalue weighted by molar-refractivity contribution is 5.83. The molecule has 0 saturated carbocycles. The molecule has 2 heterocycles. The zero-order valence-electron chi connectivity index (χ0n) is 14.7. The van der Waals surface area contributed by atoms with Crippen molar-refractivity contribution >= 4 is 11.8 Å². The van der Waals surface area contributed by atoms with Crippen LogP contribution in [0.5, 0.6) is 0 Å². The maximum Gasteiger partial charge on any atom is 0.236 e. The predicted molar refractivity (Wildman–Crippen MR) is 90.9 cm³/mol. The Morgan fingerprint density at radius 1 is 0.913 bits per heavy atom. The third kappa shape index (κ3) is 4.04. The Labute approximate surface area is 140 Å². The molecule has 0 aromatic heterocycles. The topological polar surface area (TPSA) is 69.9 Å². The summed E-state index contributed by atoms with van der Waals surface area (Å²) >= 11 is 0. The van der Waals surface area contributed by atoms with Crippen LogP contribution in [0, 0.1) is 5.41 Å². The molecule has 23 heavy (non-hydrogen) atoms. The second kappa shape index (κ2) is 8.11. The normalized spacial score (nSPS) is 20.1. The first-order valence-corrected chi connectivity index (χ1v) is 9.06. The third-order valence-corrected chi connectivity index (χ3v) is 5.68. The molecule has 0 unspecified atom stereocenters. The molecule has 6 nitrogen and oxygen atoms in total. The summed E-state index contributed by atoms with van der Waals surface area (Å²) in [5.74, 6) is 0.427. The van der Waals surface area contributed by atoms with Gasteiger partial charge in [-0.3, -0.25) is 14.5 Å². The van der Waals surface area contributed by atoms with Gasteiger partial charge in [0.25, 0.3) is 0 Å². The second-order valence-electron chi connectivity index (χ2n) is 6.85. The van der Waals surface area contributed by atoms with Crippen LogP contribution in [0.3, 0.4) is 0 Å². The van der Waals surface area contributed by atoms with Crippen LogP contribution in [0.4, 0.5) is 0 Å². The first kappa shape index (κ1) is 18.2. The Kier molecular flexibility index (Phi) is 6.41. The molecule has 2 N–H and O–H groups in total. The van der Waals surface area contributed by atoms with Crippen LogP contribution in [0.25, 0.3) is 0 Å². The lowest BCUT2D eigenvalue weighted by atomic mass is 9.81. The van der Waals surface area contributed by atoms with E-state index in [1.54, 1.807) is 0 Å². The highest BCUT2D eigenvalue weighted by atomic mass is 16.2. The van der Waals surface area contributed by atoms with E-state index in [4.69, 9.17) is 5.73 Å². The number of hydrogen-bond acceptors (Lipinski definition) is 4. The second-order valence-corrected chi connectivity index (χ2v) is 6.85. The van der Waals surface area contributed by atoms with Crippen molar-refractivity contribution in [3.63, 3.8) is 0 Å². The van der Waals surface area contributed by atoms with E-state index < -0.39 is 5.41 Å². The standard InChI is InChI=1S/C17H32N4O2/c1-3-17(4-2,14-18)16(23)21-11-9-19(10-12-21)13-15(22)20-7-5-6-8-20/h3-14,18H2,1-2H3. The molecule has 0 aliphatic carbocycles. The van der Waals surface area contributed by atoms with E-state index >= 15 is 0 Å². The summed E-state index contributed by atoms with van der Waals surface area (Å²) in [7, 11) is 0. The molecule has 0 atom stereocenters. The van der Waals surface area contributed by atoms with E-state index in [0.29, 0.717) is 26.2 Å². The van der Waals surface area contributed by atoms with Crippen molar-refractivity contribution in [2.45, 2.75) is 39.5 Å². The maximum atomic E-state index is 12.8. The van der Waals surface area contributed by atoms with Crippen molar-refractivity contribution in [1.82, 2.24) is 14.7 Å². The van der Waals surface area contributed by atoms with Crippen molar-refractivity contribution in [2.75, 3.05) is 52.4 Å². The molecule has 2 aliphatic rings. The van der Waals surface area contributed by atoms with Gasteiger partial charge >= 0.3 is 0 Å². The van der Waals surface area contributed by atoms with Crippen molar-refractivity contribution in [2.24, 2.45) is 11.1 Å². The van der Waals surface area contributed by atoms with Crippen LogP contribution >= 0.6 is 0 Å². The number of amides is 2. The van der Waals surface area contributed by atoms with Crippen molar-refractivity contribution in [3.05, 3.63) is 0 Å². The van der Waals surface area contributed by atoms with E-state index in [9.17, 15) is 9.59 Å². The fraction of sp³-hybridized carbons (Fsp3) is 0.882. The highest BCUT2D eigenvalue weighted by Gasteiger charge is 2.38. The van der Waals surface area contributed by atoms with Gasteiger partial charge in [-0.2, -0.15) is 0 Å². The van der Waals surface area contributed by atoms with E-state index in [2.05, 4.69) is 4.90 Å². The quantitative estimate of drug-likeness (QED) is 0.773. The number of rotatable bonds is 6. The zero-order valence-corrected chi connectivity index (χ0v) is 14.7. The molecule has 132 valence electrons. The van der Waals surface area contributed by atoms with Gasteiger partial charge in [-0.25, -0.2) is 0 Å². The fourth-order valence-corrected chi connectivity index (χ4v) is 3.63. The van der Waals surface area contributed by atoms with Gasteiger partial charge in [-0.05, 0) is 25.7 Å². The zero-order chi connectivity index (χ0) is 16.9. The van der Waals surface area contributed by atoms with E-state index in [1.165, 1.54) is 0 Å². The minimum Gasteiger partial charge on any atom is -0.342 e. The molecule has 2 aliphatic heterocycles. The maximum absolute atomic E-state index is 12.8. The molecule has 2 amide bonds. The summed E-state index contributed by atoms with van der Waals surface area (Å²) in [5.41, 5.74) is 5.48. The number of piperazine rings is 1. The molecular weight excluding hydrogens is 292 g/mol. The number of nitrogens with zero attached hydrogens (tertiary/aromatic N) is 3. The highest BCUT2D eigenvalue weighted by Crippen LogP contribution is 2.28. The molecule has 6 heteroatoms. The summed E-state index contributed by atoms with van der Waals surface area (Å²) in [6.07, 6.45) is 3.82. The fourth-order valence-electron chi connectivity index (χ4n) is 3.63. The first-order chi connectivity index (χ1) is 11.1. The average Bonchev–Trinajstić information content (AvgIpc) is 3.12. The molecule has 0 aromatic carbocycles. The summed E-state index contributed by atoms with van der Waals surface area (Å²) < 4.78 is 0. The van der Waals surface area contributed by atoms with Crippen molar-refractivity contribution < 1.29 is 9.59 Å². The molecule has 0 radical (unpaired) electrons. The van der Waals surface area contributed by atoms with Crippen LogP contribution in [-0.4, -0.2) is 78.9 Å². The monoisotopic (exact) mass is 324 g/mol. The SMILES string of the molecule is CCC(CC)(CN)C(=O)N1CCN(CC(=O)N2CCCC2)CC1. The lowest BCUT2D eigenvalue weighted by molar-refractivity contribution is -0.144. The summed E-state index contributed by atoms with van der Waals surface area (Å²) in [5, 5.41) is 0. The third-order valence-electron chi connectivity index (χ3n) is 5.68. The molecule has 0 aromatic rings. The average molecular weight is 324 g/mol. The van der Waals surface area contributed by atoms with Crippen molar-refractivity contribution in [3.8, 4) is 0 Å². The minimum absolute atomic E-state index is 0.190. The largest absolute Gasteiger partial charge is 0.342 e. The lowest BCUT2D eigenvalue weighted by Gasteiger charge is -2.40. The molecule has 0 bridgehead atoms. The van der Waals surface area contributed by atoms with E-state index in [1.807, 2.05) is 23.6 Å². The molecular formula is C17H32N4O2. The molecule has 2 rings (SSSR count). The minimum atomic E-state index is -0.409. The van der Waals surface area contributed by atoms with Gasteiger partial charge < -0.3 is 15.5 Å². The number of carbonyl (C=O) groups excluding carboxylic acids is 2. The predicted octanol–water partition coefficient (Wildman–Crippen LogP) is 0.518. The van der Waals surface area contributed by atoms with Crippen LogP contribution in [-0.2, 0) is 9.59 Å². The van der Waals surface area contributed by atoms with Gasteiger partial charge in [-0.1, -0.05) is 13.8 Å². The van der Waals surface area contributed by atoms with Crippen LogP contribution in [0.1, 0.15) is 39.5 Å². The summed E-state index contributed by atoms with van der Waals surface area (Å²) in [6, 6.07) is 0.